The van der Waals surface area contributed by atoms with Crippen LogP contribution in [0.15, 0.2) is 17.5 Å². The number of nitrogens with two attached hydrogens (primary N) is 2. The van der Waals surface area contributed by atoms with Crippen molar-refractivity contribution in [3.05, 3.63) is 22.4 Å². The van der Waals surface area contributed by atoms with E-state index < -0.39 is 0 Å². The first-order valence-electron chi connectivity index (χ1n) is 2.83. The van der Waals surface area contributed by atoms with Crippen LogP contribution in [-0.4, -0.2) is 6.54 Å². The standard InChI is InChI=1S/C6H10N2S/c7-4-5(8)6-2-1-3-9-6/h1-3,5H,4,7-8H2/t5-/m1/s1. The lowest BCUT2D eigenvalue weighted by atomic mass is 10.3. The van der Waals surface area contributed by atoms with E-state index in [2.05, 4.69) is 0 Å². The fourth-order valence-electron chi connectivity index (χ4n) is 0.618. The number of thiophene rings is 1. The average Bonchev–Trinajstić information content (AvgIpc) is 2.37. The minimum Gasteiger partial charge on any atom is -0.329 e. The third-order valence-corrected chi connectivity index (χ3v) is 2.17. The van der Waals surface area contributed by atoms with Gasteiger partial charge in [0.1, 0.15) is 0 Å². The van der Waals surface area contributed by atoms with E-state index in [1.165, 1.54) is 0 Å². The van der Waals surface area contributed by atoms with E-state index in [4.69, 9.17) is 11.5 Å². The Balaban J connectivity index is 2.65. The predicted octanol–water partition coefficient (Wildman–Crippen LogP) is 0.707. The Morgan fingerprint density at radius 3 is 2.89 bits per heavy atom. The Hall–Kier alpha value is -0.380. The molecule has 0 radical (unpaired) electrons. The molecule has 0 aliphatic heterocycles. The van der Waals surface area contributed by atoms with Gasteiger partial charge in [-0.25, -0.2) is 0 Å². The average molecular weight is 142 g/mol. The molecule has 0 bridgehead atoms. The summed E-state index contributed by atoms with van der Waals surface area (Å²) in [6, 6.07) is 4.02. The van der Waals surface area contributed by atoms with E-state index in [9.17, 15) is 0 Å². The molecule has 0 aromatic carbocycles. The van der Waals surface area contributed by atoms with E-state index in [0.29, 0.717) is 6.54 Å². The zero-order chi connectivity index (χ0) is 6.69. The minimum absolute atomic E-state index is 0.0324. The molecule has 1 atom stereocenters. The zero-order valence-corrected chi connectivity index (χ0v) is 5.90. The van der Waals surface area contributed by atoms with Gasteiger partial charge in [-0.15, -0.1) is 11.3 Å². The van der Waals surface area contributed by atoms with Crippen LogP contribution in [0, 0.1) is 0 Å². The van der Waals surface area contributed by atoms with Gasteiger partial charge in [0.2, 0.25) is 0 Å². The Kier molecular flexibility index (Phi) is 2.22. The maximum atomic E-state index is 5.62. The van der Waals surface area contributed by atoms with Gasteiger partial charge in [-0.3, -0.25) is 0 Å². The summed E-state index contributed by atoms with van der Waals surface area (Å²) in [5, 5.41) is 2.00. The molecule has 0 aliphatic rings. The molecule has 0 unspecified atom stereocenters. The van der Waals surface area contributed by atoms with Gasteiger partial charge in [-0.05, 0) is 11.4 Å². The van der Waals surface area contributed by atoms with Gasteiger partial charge in [0.25, 0.3) is 0 Å². The van der Waals surface area contributed by atoms with E-state index in [0.717, 1.165) is 4.88 Å². The minimum atomic E-state index is 0.0324. The Bertz CT molecular complexity index is 160. The Morgan fingerprint density at radius 2 is 2.44 bits per heavy atom. The van der Waals surface area contributed by atoms with Crippen molar-refractivity contribution in [2.24, 2.45) is 11.5 Å². The van der Waals surface area contributed by atoms with E-state index >= 15 is 0 Å². The maximum Gasteiger partial charge on any atom is 0.0514 e. The molecule has 50 valence electrons. The molecule has 0 saturated heterocycles. The Morgan fingerprint density at radius 1 is 1.67 bits per heavy atom. The predicted molar refractivity (Wildman–Crippen MR) is 40.3 cm³/mol. The molecule has 0 saturated carbocycles. The molecule has 1 heterocycles. The van der Waals surface area contributed by atoms with Gasteiger partial charge < -0.3 is 11.5 Å². The molecule has 1 rings (SSSR count). The summed E-state index contributed by atoms with van der Waals surface area (Å²) < 4.78 is 0. The molecule has 0 amide bonds. The maximum absolute atomic E-state index is 5.62. The Labute approximate surface area is 58.5 Å². The van der Waals surface area contributed by atoms with Crippen LogP contribution in [0.2, 0.25) is 0 Å². The molecule has 0 fully saturated rings. The van der Waals surface area contributed by atoms with Crippen molar-refractivity contribution < 1.29 is 0 Å². The van der Waals surface area contributed by atoms with Crippen molar-refractivity contribution in [1.29, 1.82) is 0 Å². The van der Waals surface area contributed by atoms with Gasteiger partial charge in [0.15, 0.2) is 0 Å². The zero-order valence-electron chi connectivity index (χ0n) is 5.08. The number of rotatable bonds is 2. The first-order valence-corrected chi connectivity index (χ1v) is 3.71. The molecule has 0 spiro atoms. The van der Waals surface area contributed by atoms with Crippen LogP contribution in [0.1, 0.15) is 10.9 Å². The van der Waals surface area contributed by atoms with Crippen LogP contribution < -0.4 is 11.5 Å². The second-order valence-corrected chi connectivity index (χ2v) is 2.84. The summed E-state index contributed by atoms with van der Waals surface area (Å²) >= 11 is 1.65. The van der Waals surface area contributed by atoms with E-state index in [1.807, 2.05) is 17.5 Å². The lowest BCUT2D eigenvalue weighted by Crippen LogP contribution is -2.19. The van der Waals surface area contributed by atoms with E-state index in [-0.39, 0.29) is 6.04 Å². The highest BCUT2D eigenvalue weighted by Gasteiger charge is 2.01. The number of hydrogen-bond acceptors (Lipinski definition) is 3. The largest absolute Gasteiger partial charge is 0.329 e. The second kappa shape index (κ2) is 2.96. The summed E-state index contributed by atoms with van der Waals surface area (Å²) in [7, 11) is 0. The highest BCUT2D eigenvalue weighted by Crippen LogP contribution is 2.14. The normalized spacial score (nSPS) is 13.6. The van der Waals surface area contributed by atoms with Crippen LogP contribution in [0.3, 0.4) is 0 Å². The molecule has 9 heavy (non-hydrogen) atoms. The lowest BCUT2D eigenvalue weighted by Gasteiger charge is -2.02. The van der Waals surface area contributed by atoms with Gasteiger partial charge in [-0.1, -0.05) is 6.07 Å². The van der Waals surface area contributed by atoms with Crippen LogP contribution in [0.4, 0.5) is 0 Å². The summed E-state index contributed by atoms with van der Waals surface area (Å²) in [6.07, 6.45) is 0. The van der Waals surface area contributed by atoms with Gasteiger partial charge in [0, 0.05) is 11.4 Å². The van der Waals surface area contributed by atoms with Gasteiger partial charge in [-0.2, -0.15) is 0 Å². The highest BCUT2D eigenvalue weighted by molar-refractivity contribution is 7.10. The van der Waals surface area contributed by atoms with Crippen molar-refractivity contribution >= 4 is 11.3 Å². The number of hydrogen-bond donors (Lipinski definition) is 2. The monoisotopic (exact) mass is 142 g/mol. The molecular weight excluding hydrogens is 132 g/mol. The van der Waals surface area contributed by atoms with Crippen LogP contribution >= 0.6 is 11.3 Å². The van der Waals surface area contributed by atoms with Crippen molar-refractivity contribution in [3.8, 4) is 0 Å². The van der Waals surface area contributed by atoms with E-state index in [1.54, 1.807) is 11.3 Å². The smallest absolute Gasteiger partial charge is 0.0514 e. The topological polar surface area (TPSA) is 52.0 Å². The summed E-state index contributed by atoms with van der Waals surface area (Å²) in [5.41, 5.74) is 11.0. The van der Waals surface area contributed by atoms with Crippen LogP contribution in [0.5, 0.6) is 0 Å². The molecular formula is C6H10N2S. The summed E-state index contributed by atoms with van der Waals surface area (Å²) in [6.45, 7) is 0.528. The van der Waals surface area contributed by atoms with Gasteiger partial charge >= 0.3 is 0 Å². The SMILES string of the molecule is NC[C@@H](N)c1cccs1. The van der Waals surface area contributed by atoms with Crippen molar-refractivity contribution in [2.45, 2.75) is 6.04 Å². The second-order valence-electron chi connectivity index (χ2n) is 1.86. The quantitative estimate of drug-likeness (QED) is 0.639. The van der Waals surface area contributed by atoms with Crippen molar-refractivity contribution in [3.63, 3.8) is 0 Å². The molecule has 0 aliphatic carbocycles. The summed E-state index contributed by atoms with van der Waals surface area (Å²) in [5.74, 6) is 0. The molecule has 1 aromatic heterocycles. The molecule has 1 aromatic rings. The first kappa shape index (κ1) is 6.74. The molecule has 2 nitrogen and oxygen atoms in total. The third kappa shape index (κ3) is 1.51. The van der Waals surface area contributed by atoms with Gasteiger partial charge in [0.05, 0.1) is 6.04 Å². The molecule has 3 heteroatoms. The third-order valence-electron chi connectivity index (χ3n) is 1.16. The molecule has 4 N–H and O–H groups in total. The van der Waals surface area contributed by atoms with Crippen molar-refractivity contribution in [2.75, 3.05) is 6.54 Å². The fraction of sp³-hybridized carbons (Fsp3) is 0.333. The fourth-order valence-corrected chi connectivity index (χ4v) is 1.36. The van der Waals surface area contributed by atoms with Crippen LogP contribution in [-0.2, 0) is 0 Å². The highest BCUT2D eigenvalue weighted by atomic mass is 32.1. The van der Waals surface area contributed by atoms with Crippen molar-refractivity contribution in [1.82, 2.24) is 0 Å². The lowest BCUT2D eigenvalue weighted by molar-refractivity contribution is 0.752. The van der Waals surface area contributed by atoms with Crippen LogP contribution in [0.25, 0.3) is 0 Å². The summed E-state index contributed by atoms with van der Waals surface area (Å²) in [4.78, 5) is 1.16. The first-order chi connectivity index (χ1) is 4.34.